The van der Waals surface area contributed by atoms with Crippen LogP contribution in [0.1, 0.15) is 19.3 Å². The number of anilines is 3. The average Bonchev–Trinajstić information content (AvgIpc) is 3.05. The summed E-state index contributed by atoms with van der Waals surface area (Å²) in [6.45, 7) is 0.591. The maximum Gasteiger partial charge on any atom is 0.227 e. The second-order valence-corrected chi connectivity index (χ2v) is 6.09. The predicted molar refractivity (Wildman–Crippen MR) is 102 cm³/mol. The fourth-order valence-corrected chi connectivity index (χ4v) is 3.26. The van der Waals surface area contributed by atoms with Gasteiger partial charge in [0.2, 0.25) is 5.91 Å². The van der Waals surface area contributed by atoms with Gasteiger partial charge >= 0.3 is 0 Å². The van der Waals surface area contributed by atoms with Crippen molar-refractivity contribution in [2.75, 3.05) is 17.2 Å². The first-order valence-corrected chi connectivity index (χ1v) is 8.19. The molecule has 1 saturated carbocycles. The van der Waals surface area contributed by atoms with Crippen molar-refractivity contribution in [1.29, 1.82) is 0 Å². The maximum atomic E-state index is 12.5. The summed E-state index contributed by atoms with van der Waals surface area (Å²) in [7, 11) is 0. The first-order chi connectivity index (χ1) is 11.3. The van der Waals surface area contributed by atoms with Crippen LogP contribution in [0.15, 0.2) is 54.6 Å². The Morgan fingerprint density at radius 1 is 1.00 bits per heavy atom. The molecule has 0 saturated heterocycles. The van der Waals surface area contributed by atoms with Crippen LogP contribution in [-0.2, 0) is 4.79 Å². The molecule has 0 unspecified atom stereocenters. The van der Waals surface area contributed by atoms with Gasteiger partial charge in [0.25, 0.3) is 0 Å². The number of amides is 1. The van der Waals surface area contributed by atoms with Gasteiger partial charge in [0.15, 0.2) is 0 Å². The molecule has 24 heavy (non-hydrogen) atoms. The van der Waals surface area contributed by atoms with E-state index in [4.69, 9.17) is 5.73 Å². The first-order valence-electron chi connectivity index (χ1n) is 8.19. The van der Waals surface area contributed by atoms with E-state index >= 15 is 0 Å². The van der Waals surface area contributed by atoms with Gasteiger partial charge in [-0.05, 0) is 55.6 Å². The predicted octanol–water partition coefficient (Wildman–Crippen LogP) is 4.17. The summed E-state index contributed by atoms with van der Waals surface area (Å²) in [6.07, 6.45) is 3.09. The van der Waals surface area contributed by atoms with Gasteiger partial charge in [-0.1, -0.05) is 30.7 Å². The highest BCUT2D eigenvalue weighted by molar-refractivity contribution is 5.93. The molecular formula is C19H24ClN3O. The van der Waals surface area contributed by atoms with E-state index in [0.717, 1.165) is 36.3 Å². The highest BCUT2D eigenvalue weighted by Gasteiger charge is 2.31. The Labute approximate surface area is 149 Å². The van der Waals surface area contributed by atoms with E-state index in [2.05, 4.69) is 10.6 Å². The summed E-state index contributed by atoms with van der Waals surface area (Å²) in [5.41, 5.74) is 8.57. The molecule has 0 radical (unpaired) electrons. The molecule has 2 aromatic carbocycles. The lowest BCUT2D eigenvalue weighted by atomic mass is 9.95. The summed E-state index contributed by atoms with van der Waals surface area (Å²) in [6, 6.07) is 17.8. The highest BCUT2D eigenvalue weighted by Crippen LogP contribution is 2.32. The van der Waals surface area contributed by atoms with Crippen LogP contribution in [0.3, 0.4) is 0 Å². The number of nitrogens with one attached hydrogen (secondary N) is 2. The van der Waals surface area contributed by atoms with Crippen molar-refractivity contribution in [2.45, 2.75) is 19.3 Å². The van der Waals surface area contributed by atoms with Gasteiger partial charge in [0, 0.05) is 23.0 Å². The Morgan fingerprint density at radius 2 is 1.71 bits per heavy atom. The minimum Gasteiger partial charge on any atom is -0.355 e. The number of benzene rings is 2. The SMILES string of the molecule is Cl.NC[C@H]1CCC[C@H]1C(=O)Nc1cccc(Nc2ccccc2)c1. The molecule has 128 valence electrons. The van der Waals surface area contributed by atoms with Gasteiger partial charge in [-0.15, -0.1) is 12.4 Å². The van der Waals surface area contributed by atoms with Crippen molar-refractivity contribution in [3.63, 3.8) is 0 Å². The van der Waals surface area contributed by atoms with E-state index < -0.39 is 0 Å². The zero-order chi connectivity index (χ0) is 16.1. The topological polar surface area (TPSA) is 67.2 Å². The van der Waals surface area contributed by atoms with Crippen LogP contribution in [0.5, 0.6) is 0 Å². The number of para-hydroxylation sites is 1. The van der Waals surface area contributed by atoms with E-state index in [1.54, 1.807) is 0 Å². The first kappa shape index (κ1) is 18.3. The molecule has 1 aliphatic carbocycles. The van der Waals surface area contributed by atoms with Crippen molar-refractivity contribution in [1.82, 2.24) is 0 Å². The van der Waals surface area contributed by atoms with E-state index in [0.29, 0.717) is 12.5 Å². The van der Waals surface area contributed by atoms with Gasteiger partial charge in [-0.2, -0.15) is 0 Å². The summed E-state index contributed by atoms with van der Waals surface area (Å²) >= 11 is 0. The molecule has 0 aliphatic heterocycles. The van der Waals surface area contributed by atoms with Crippen LogP contribution in [0.25, 0.3) is 0 Å². The minimum atomic E-state index is 0. The Bertz CT molecular complexity index is 663. The molecule has 2 aromatic rings. The number of nitrogens with two attached hydrogens (primary N) is 1. The third-order valence-electron chi connectivity index (χ3n) is 4.49. The summed E-state index contributed by atoms with van der Waals surface area (Å²) < 4.78 is 0. The van der Waals surface area contributed by atoms with Crippen LogP contribution >= 0.6 is 12.4 Å². The lowest BCUT2D eigenvalue weighted by Gasteiger charge is -2.17. The Morgan fingerprint density at radius 3 is 2.46 bits per heavy atom. The van der Waals surface area contributed by atoms with Crippen molar-refractivity contribution in [3.8, 4) is 0 Å². The molecule has 2 atom stereocenters. The molecule has 1 amide bonds. The number of carbonyl (C=O) groups is 1. The number of rotatable bonds is 5. The molecule has 1 aliphatic rings. The average molecular weight is 346 g/mol. The van der Waals surface area contributed by atoms with Crippen LogP contribution in [0.2, 0.25) is 0 Å². The molecule has 1 fully saturated rings. The molecule has 0 heterocycles. The number of hydrogen-bond acceptors (Lipinski definition) is 3. The lowest BCUT2D eigenvalue weighted by Crippen LogP contribution is -2.29. The number of hydrogen-bond donors (Lipinski definition) is 3. The standard InChI is InChI=1S/C19H23N3O.ClH/c20-13-14-6-4-11-18(14)19(23)22-17-10-5-9-16(12-17)21-15-7-2-1-3-8-15;/h1-3,5,7-10,12,14,18,21H,4,6,11,13,20H2,(H,22,23);1H/t14-,18-;/m1./s1. The summed E-state index contributed by atoms with van der Waals surface area (Å²) in [5.74, 6) is 0.459. The van der Waals surface area contributed by atoms with Crippen LogP contribution in [0, 0.1) is 11.8 Å². The minimum absolute atomic E-state index is 0. The smallest absolute Gasteiger partial charge is 0.227 e. The Balaban J connectivity index is 0.00000208. The van der Waals surface area contributed by atoms with Crippen molar-refractivity contribution in [2.24, 2.45) is 17.6 Å². The molecule has 3 rings (SSSR count). The fraction of sp³-hybridized carbons (Fsp3) is 0.316. The molecule has 5 heteroatoms. The lowest BCUT2D eigenvalue weighted by molar-refractivity contribution is -0.120. The van der Waals surface area contributed by atoms with Crippen molar-refractivity contribution >= 4 is 35.4 Å². The third kappa shape index (κ3) is 4.49. The zero-order valence-corrected chi connectivity index (χ0v) is 14.4. The molecule has 0 bridgehead atoms. The van der Waals surface area contributed by atoms with Gasteiger partial charge in [0.05, 0.1) is 0 Å². The van der Waals surface area contributed by atoms with E-state index in [1.807, 2.05) is 54.6 Å². The second kappa shape index (κ2) is 8.71. The Kier molecular flexibility index (Phi) is 6.64. The van der Waals surface area contributed by atoms with E-state index in [-0.39, 0.29) is 24.2 Å². The van der Waals surface area contributed by atoms with Gasteiger partial charge < -0.3 is 16.4 Å². The third-order valence-corrected chi connectivity index (χ3v) is 4.49. The van der Waals surface area contributed by atoms with Crippen molar-refractivity contribution < 1.29 is 4.79 Å². The quantitative estimate of drug-likeness (QED) is 0.762. The highest BCUT2D eigenvalue weighted by atomic mass is 35.5. The maximum absolute atomic E-state index is 12.5. The van der Waals surface area contributed by atoms with Gasteiger partial charge in [-0.25, -0.2) is 0 Å². The fourth-order valence-electron chi connectivity index (χ4n) is 3.26. The Hall–Kier alpha value is -2.04. The molecule has 4 N–H and O–H groups in total. The second-order valence-electron chi connectivity index (χ2n) is 6.09. The normalized spacial score (nSPS) is 19.4. The van der Waals surface area contributed by atoms with Gasteiger partial charge in [0.1, 0.15) is 0 Å². The number of carbonyl (C=O) groups excluding carboxylic acids is 1. The van der Waals surface area contributed by atoms with E-state index in [1.165, 1.54) is 0 Å². The monoisotopic (exact) mass is 345 g/mol. The van der Waals surface area contributed by atoms with Gasteiger partial charge in [-0.3, -0.25) is 4.79 Å². The summed E-state index contributed by atoms with van der Waals surface area (Å²) in [5, 5.41) is 6.38. The largest absolute Gasteiger partial charge is 0.355 e. The molecule has 0 aromatic heterocycles. The summed E-state index contributed by atoms with van der Waals surface area (Å²) in [4.78, 5) is 12.5. The van der Waals surface area contributed by atoms with Crippen LogP contribution < -0.4 is 16.4 Å². The molecule has 0 spiro atoms. The van der Waals surface area contributed by atoms with Crippen LogP contribution in [-0.4, -0.2) is 12.5 Å². The number of halogens is 1. The zero-order valence-electron chi connectivity index (χ0n) is 13.6. The molecule has 4 nitrogen and oxygen atoms in total. The van der Waals surface area contributed by atoms with Crippen molar-refractivity contribution in [3.05, 3.63) is 54.6 Å². The molecular weight excluding hydrogens is 322 g/mol. The van der Waals surface area contributed by atoms with E-state index in [9.17, 15) is 4.79 Å². The van der Waals surface area contributed by atoms with Crippen LogP contribution in [0.4, 0.5) is 17.1 Å².